The molecule has 141 valence electrons. The van der Waals surface area contributed by atoms with E-state index in [0.717, 1.165) is 40.8 Å². The second-order valence-electron chi connectivity index (χ2n) is 7.05. The van der Waals surface area contributed by atoms with E-state index in [-0.39, 0.29) is 16.9 Å². The average molecular weight is 413 g/mol. The zero-order chi connectivity index (χ0) is 19.3. The van der Waals surface area contributed by atoms with E-state index in [1.807, 2.05) is 18.2 Å². The van der Waals surface area contributed by atoms with Crippen molar-refractivity contribution in [1.82, 2.24) is 14.7 Å². The molecule has 6 nitrogen and oxygen atoms in total. The molecule has 1 radical (unpaired) electrons. The molecule has 0 unspecified atom stereocenters. The van der Waals surface area contributed by atoms with Gasteiger partial charge in [0.15, 0.2) is 0 Å². The summed E-state index contributed by atoms with van der Waals surface area (Å²) in [7, 11) is -1.88. The molecule has 2 aliphatic rings. The molecular formula is C19H16BClN3O3S. The van der Waals surface area contributed by atoms with Crippen LogP contribution in [0.5, 0.6) is 5.75 Å². The van der Waals surface area contributed by atoms with E-state index in [1.165, 1.54) is 12.1 Å². The largest absolute Gasteiger partial charge is 0.557 e. The predicted molar refractivity (Wildman–Crippen MR) is 109 cm³/mol. The standard InChI is InChI=1S/C19H16BClN3O3S/c21-12-1-3-14(4-2-12)28(25,26)24-13-7-11(8-13)16-9-20-27-17-10-23-19-15(18(16)17)5-6-22-19/h1-6,9-11,13,24H,7-8H2,(H,22,23). The first-order chi connectivity index (χ1) is 13.5. The number of fused-ring (bicyclic) bond motifs is 3. The van der Waals surface area contributed by atoms with Crippen molar-refractivity contribution >= 4 is 45.7 Å². The lowest BCUT2D eigenvalue weighted by molar-refractivity contribution is 0.310. The van der Waals surface area contributed by atoms with Crippen LogP contribution in [0, 0.1) is 5.92 Å². The van der Waals surface area contributed by atoms with Crippen LogP contribution in [-0.4, -0.2) is 31.9 Å². The zero-order valence-corrected chi connectivity index (χ0v) is 16.3. The molecular weight excluding hydrogens is 397 g/mol. The summed E-state index contributed by atoms with van der Waals surface area (Å²) in [6, 6.07) is 8.08. The maximum absolute atomic E-state index is 12.6. The molecule has 2 aromatic heterocycles. The summed E-state index contributed by atoms with van der Waals surface area (Å²) >= 11 is 5.84. The molecule has 1 fully saturated rings. The van der Waals surface area contributed by atoms with Crippen LogP contribution in [0.1, 0.15) is 18.4 Å². The minimum absolute atomic E-state index is 0.0959. The van der Waals surface area contributed by atoms with Gasteiger partial charge in [-0.25, -0.2) is 18.1 Å². The fourth-order valence-corrected chi connectivity index (χ4v) is 5.24. The fraction of sp³-hybridized carbons (Fsp3) is 0.211. The highest BCUT2D eigenvalue weighted by molar-refractivity contribution is 7.89. The second-order valence-corrected chi connectivity index (χ2v) is 9.20. The van der Waals surface area contributed by atoms with Crippen molar-refractivity contribution < 1.29 is 13.1 Å². The highest BCUT2D eigenvalue weighted by Gasteiger charge is 2.37. The minimum Gasteiger partial charge on any atom is -0.557 e. The molecule has 0 bridgehead atoms. The molecule has 1 aliphatic carbocycles. The molecule has 9 heteroatoms. The molecule has 3 aromatic rings. The number of halogens is 1. The number of aromatic nitrogens is 2. The Kier molecular flexibility index (Phi) is 4.23. The first kappa shape index (κ1) is 17.8. The molecule has 0 saturated heterocycles. The van der Waals surface area contributed by atoms with Gasteiger partial charge in [-0.3, -0.25) is 0 Å². The monoisotopic (exact) mass is 412 g/mol. The lowest BCUT2D eigenvalue weighted by Gasteiger charge is -2.38. The Bertz CT molecular complexity index is 1180. The van der Waals surface area contributed by atoms with E-state index in [9.17, 15) is 8.42 Å². The normalized spacial score (nSPS) is 21.2. The number of aromatic amines is 1. The number of H-pyrrole nitrogens is 1. The van der Waals surface area contributed by atoms with Gasteiger partial charge in [0.2, 0.25) is 10.0 Å². The molecule has 3 heterocycles. The Morgan fingerprint density at radius 3 is 2.79 bits per heavy atom. The minimum atomic E-state index is -3.55. The van der Waals surface area contributed by atoms with E-state index in [1.54, 1.807) is 25.8 Å². The predicted octanol–water partition coefficient (Wildman–Crippen LogP) is 3.33. The first-order valence-corrected chi connectivity index (χ1v) is 10.8. The average Bonchev–Trinajstić information content (AvgIpc) is 3.13. The van der Waals surface area contributed by atoms with Crippen molar-refractivity contribution in [3.05, 3.63) is 59.3 Å². The summed E-state index contributed by atoms with van der Waals surface area (Å²) in [4.78, 5) is 7.71. The van der Waals surface area contributed by atoms with Crippen molar-refractivity contribution in [3.8, 4) is 5.75 Å². The van der Waals surface area contributed by atoms with Gasteiger partial charge in [0, 0.05) is 28.2 Å². The summed E-state index contributed by atoms with van der Waals surface area (Å²) in [5.41, 5.74) is 3.02. The topological polar surface area (TPSA) is 84.1 Å². The van der Waals surface area contributed by atoms with E-state index >= 15 is 0 Å². The molecule has 1 saturated carbocycles. The highest BCUT2D eigenvalue weighted by atomic mass is 35.5. The maximum Gasteiger partial charge on any atom is 0.401 e. The number of pyridine rings is 1. The Morgan fingerprint density at radius 2 is 2.00 bits per heavy atom. The number of benzene rings is 1. The molecule has 5 rings (SSSR count). The summed E-state index contributed by atoms with van der Waals surface area (Å²) in [5, 5.41) is 1.52. The van der Waals surface area contributed by atoms with Crippen LogP contribution in [0.25, 0.3) is 16.6 Å². The third-order valence-corrected chi connectivity index (χ3v) is 7.10. The van der Waals surface area contributed by atoms with E-state index < -0.39 is 10.0 Å². The third kappa shape index (κ3) is 3.01. The lowest BCUT2D eigenvalue weighted by atomic mass is 9.70. The van der Waals surface area contributed by atoms with Crippen LogP contribution in [-0.2, 0) is 10.0 Å². The number of sulfonamides is 1. The van der Waals surface area contributed by atoms with Crippen LogP contribution in [0.4, 0.5) is 0 Å². The Labute approximate surface area is 168 Å². The maximum atomic E-state index is 12.6. The van der Waals surface area contributed by atoms with Crippen LogP contribution in [0.15, 0.2) is 53.6 Å². The van der Waals surface area contributed by atoms with Crippen LogP contribution >= 0.6 is 11.6 Å². The van der Waals surface area contributed by atoms with Crippen molar-refractivity contribution in [2.45, 2.75) is 23.8 Å². The highest BCUT2D eigenvalue weighted by Crippen LogP contribution is 2.45. The molecule has 0 spiro atoms. The third-order valence-electron chi connectivity index (χ3n) is 5.31. The van der Waals surface area contributed by atoms with Gasteiger partial charge in [-0.15, -0.1) is 0 Å². The van der Waals surface area contributed by atoms with Gasteiger partial charge in [0.1, 0.15) is 11.4 Å². The zero-order valence-electron chi connectivity index (χ0n) is 14.7. The lowest BCUT2D eigenvalue weighted by Crippen LogP contribution is -2.44. The van der Waals surface area contributed by atoms with Crippen LogP contribution < -0.4 is 9.38 Å². The van der Waals surface area contributed by atoms with E-state index in [2.05, 4.69) is 14.7 Å². The number of rotatable bonds is 4. The van der Waals surface area contributed by atoms with Gasteiger partial charge in [-0.2, -0.15) is 0 Å². The fourth-order valence-electron chi connectivity index (χ4n) is 3.85. The molecule has 2 N–H and O–H groups in total. The van der Waals surface area contributed by atoms with Gasteiger partial charge < -0.3 is 9.64 Å². The van der Waals surface area contributed by atoms with Crippen molar-refractivity contribution in [2.24, 2.45) is 5.92 Å². The van der Waals surface area contributed by atoms with E-state index in [4.69, 9.17) is 16.3 Å². The molecule has 28 heavy (non-hydrogen) atoms. The summed E-state index contributed by atoms with van der Waals surface area (Å²) in [6.07, 6.45) is 5.05. The Hall–Kier alpha value is -2.29. The Balaban J connectivity index is 1.33. The summed E-state index contributed by atoms with van der Waals surface area (Å²) in [5.74, 6) is 2.97. The second kappa shape index (κ2) is 6.65. The molecule has 1 aliphatic heterocycles. The van der Waals surface area contributed by atoms with Crippen molar-refractivity contribution in [2.75, 3.05) is 0 Å². The number of hydrogen-bond acceptors (Lipinski definition) is 4. The van der Waals surface area contributed by atoms with Gasteiger partial charge in [0.25, 0.3) is 0 Å². The van der Waals surface area contributed by atoms with Gasteiger partial charge in [0.05, 0.1) is 11.1 Å². The smallest absolute Gasteiger partial charge is 0.401 e. The van der Waals surface area contributed by atoms with Gasteiger partial charge >= 0.3 is 7.48 Å². The quantitative estimate of drug-likeness (QED) is 0.644. The Morgan fingerprint density at radius 1 is 1.21 bits per heavy atom. The number of allylic oxidation sites excluding steroid dienone is 1. The van der Waals surface area contributed by atoms with Crippen molar-refractivity contribution in [1.29, 1.82) is 0 Å². The van der Waals surface area contributed by atoms with Crippen LogP contribution in [0.3, 0.4) is 0 Å². The number of hydrogen-bond donors (Lipinski definition) is 2. The SMILES string of the molecule is O=S(=O)(NC1CC(C2=C[B]Oc3cnc4[nH]ccc4c32)C1)c1ccc(Cl)cc1. The van der Waals surface area contributed by atoms with Crippen molar-refractivity contribution in [3.63, 3.8) is 0 Å². The first-order valence-electron chi connectivity index (χ1n) is 8.96. The number of nitrogens with zero attached hydrogens (tertiary/aromatic N) is 1. The van der Waals surface area contributed by atoms with E-state index in [0.29, 0.717) is 5.02 Å². The molecule has 1 aromatic carbocycles. The summed E-state index contributed by atoms with van der Waals surface area (Å²) in [6.45, 7) is 0. The van der Waals surface area contributed by atoms with Gasteiger partial charge in [-0.1, -0.05) is 17.6 Å². The van der Waals surface area contributed by atoms with Gasteiger partial charge in [-0.05, 0) is 54.7 Å². The number of nitrogens with one attached hydrogen (secondary N) is 2. The summed E-state index contributed by atoms with van der Waals surface area (Å²) < 4.78 is 33.5. The molecule has 0 amide bonds. The van der Waals surface area contributed by atoms with Crippen LogP contribution in [0.2, 0.25) is 5.02 Å². The molecule has 0 atom stereocenters.